The minimum absolute atomic E-state index is 0.328. The molecule has 17 heavy (non-hydrogen) atoms. The number of aryl methyl sites for hydroxylation is 2. The molecule has 0 aromatic carbocycles. The summed E-state index contributed by atoms with van der Waals surface area (Å²) >= 11 is 0. The van der Waals surface area contributed by atoms with Gasteiger partial charge in [-0.1, -0.05) is 0 Å². The molecule has 0 bridgehead atoms. The number of primary amides is 1. The predicted octanol–water partition coefficient (Wildman–Crippen LogP) is -0.643. The van der Waals surface area contributed by atoms with Crippen molar-refractivity contribution in [1.82, 2.24) is 15.3 Å². The van der Waals surface area contributed by atoms with Gasteiger partial charge < -0.3 is 16.0 Å². The summed E-state index contributed by atoms with van der Waals surface area (Å²) in [5.41, 5.74) is 6.30. The van der Waals surface area contributed by atoms with Crippen LogP contribution in [0.3, 0.4) is 0 Å². The van der Waals surface area contributed by atoms with Gasteiger partial charge in [0.2, 0.25) is 5.91 Å². The van der Waals surface area contributed by atoms with E-state index in [1.54, 1.807) is 0 Å². The maximum Gasteiger partial charge on any atom is 0.241 e. The average molecular weight is 235 g/mol. The van der Waals surface area contributed by atoms with Gasteiger partial charge in [0.1, 0.15) is 17.7 Å². The summed E-state index contributed by atoms with van der Waals surface area (Å²) < 4.78 is 0. The summed E-state index contributed by atoms with van der Waals surface area (Å²) in [6, 6.07) is 1.55. The van der Waals surface area contributed by atoms with E-state index in [1.165, 1.54) is 0 Å². The number of aromatic nitrogens is 2. The van der Waals surface area contributed by atoms with E-state index in [2.05, 4.69) is 15.3 Å². The Bertz CT molecular complexity index is 414. The predicted molar refractivity (Wildman–Crippen MR) is 64.7 cm³/mol. The standard InChI is InChI=1S/C11H17N5O/c1-7-5-10(15-8(2)14-7)16-4-3-13-6-9(16)11(12)17/h5,9,13H,3-4,6H2,1-2H3,(H2,12,17). The lowest BCUT2D eigenvalue weighted by atomic mass is 10.2. The zero-order valence-electron chi connectivity index (χ0n) is 10.1. The van der Waals surface area contributed by atoms with Gasteiger partial charge in [-0.2, -0.15) is 0 Å². The van der Waals surface area contributed by atoms with E-state index >= 15 is 0 Å². The van der Waals surface area contributed by atoms with Gasteiger partial charge in [-0.25, -0.2) is 9.97 Å². The van der Waals surface area contributed by atoms with Crippen LogP contribution in [0.15, 0.2) is 6.07 Å². The van der Waals surface area contributed by atoms with Crippen molar-refractivity contribution in [2.45, 2.75) is 19.9 Å². The highest BCUT2D eigenvalue weighted by molar-refractivity contribution is 5.83. The lowest BCUT2D eigenvalue weighted by molar-refractivity contribution is -0.119. The lowest BCUT2D eigenvalue weighted by Gasteiger charge is -2.35. The van der Waals surface area contributed by atoms with Gasteiger partial charge >= 0.3 is 0 Å². The van der Waals surface area contributed by atoms with Crippen LogP contribution in [0, 0.1) is 13.8 Å². The van der Waals surface area contributed by atoms with E-state index < -0.39 is 0 Å². The van der Waals surface area contributed by atoms with Crippen LogP contribution in [-0.4, -0.2) is 41.6 Å². The van der Waals surface area contributed by atoms with Crippen molar-refractivity contribution in [2.24, 2.45) is 5.73 Å². The van der Waals surface area contributed by atoms with Gasteiger partial charge in [-0.05, 0) is 13.8 Å². The fourth-order valence-electron chi connectivity index (χ4n) is 2.08. The molecule has 2 heterocycles. The topological polar surface area (TPSA) is 84.1 Å². The molecule has 1 unspecified atom stereocenters. The van der Waals surface area contributed by atoms with Crippen LogP contribution in [0.5, 0.6) is 0 Å². The number of anilines is 1. The maximum atomic E-state index is 11.4. The number of carbonyl (C=O) groups is 1. The third-order valence-electron chi connectivity index (χ3n) is 2.82. The first-order valence-corrected chi connectivity index (χ1v) is 5.67. The Morgan fingerprint density at radius 3 is 2.94 bits per heavy atom. The van der Waals surface area contributed by atoms with Crippen LogP contribution in [0.2, 0.25) is 0 Å². The van der Waals surface area contributed by atoms with Crippen molar-refractivity contribution in [2.75, 3.05) is 24.5 Å². The minimum Gasteiger partial charge on any atom is -0.368 e. The van der Waals surface area contributed by atoms with Gasteiger partial charge in [-0.3, -0.25) is 4.79 Å². The highest BCUT2D eigenvalue weighted by atomic mass is 16.1. The summed E-state index contributed by atoms with van der Waals surface area (Å²) in [5, 5.41) is 3.16. The molecule has 92 valence electrons. The number of hydrogen-bond acceptors (Lipinski definition) is 5. The molecule has 6 heteroatoms. The Kier molecular flexibility index (Phi) is 3.23. The Morgan fingerprint density at radius 2 is 2.29 bits per heavy atom. The van der Waals surface area contributed by atoms with E-state index in [9.17, 15) is 4.79 Å². The number of piperazine rings is 1. The maximum absolute atomic E-state index is 11.4. The first kappa shape index (κ1) is 11.8. The van der Waals surface area contributed by atoms with Gasteiger partial charge in [0, 0.05) is 31.4 Å². The van der Waals surface area contributed by atoms with Gasteiger partial charge in [0.25, 0.3) is 0 Å². The normalized spacial score (nSPS) is 20.4. The zero-order valence-corrected chi connectivity index (χ0v) is 10.1. The molecule has 0 radical (unpaired) electrons. The van der Waals surface area contributed by atoms with E-state index in [4.69, 9.17) is 5.73 Å². The molecule has 2 rings (SSSR count). The summed E-state index contributed by atoms with van der Waals surface area (Å²) in [7, 11) is 0. The van der Waals surface area contributed by atoms with Crippen LogP contribution >= 0.6 is 0 Å². The van der Waals surface area contributed by atoms with Gasteiger partial charge in [0.05, 0.1) is 0 Å². The van der Waals surface area contributed by atoms with Crippen LogP contribution in [-0.2, 0) is 4.79 Å². The van der Waals surface area contributed by atoms with E-state index in [-0.39, 0.29) is 11.9 Å². The van der Waals surface area contributed by atoms with E-state index in [0.29, 0.717) is 12.4 Å². The van der Waals surface area contributed by atoms with Crippen molar-refractivity contribution in [3.05, 3.63) is 17.6 Å². The van der Waals surface area contributed by atoms with Crippen molar-refractivity contribution < 1.29 is 4.79 Å². The van der Waals surface area contributed by atoms with Crippen LogP contribution in [0.1, 0.15) is 11.5 Å². The first-order valence-electron chi connectivity index (χ1n) is 5.67. The number of hydrogen-bond donors (Lipinski definition) is 2. The van der Waals surface area contributed by atoms with Crippen LogP contribution in [0.25, 0.3) is 0 Å². The van der Waals surface area contributed by atoms with Crippen molar-refractivity contribution in [3.63, 3.8) is 0 Å². The summed E-state index contributed by atoms with van der Waals surface area (Å²) in [5.74, 6) is 1.16. The van der Waals surface area contributed by atoms with E-state index in [0.717, 1.165) is 24.6 Å². The number of nitrogens with two attached hydrogens (primary N) is 1. The molecule has 1 aromatic rings. The molecule has 0 spiro atoms. The molecule has 1 aliphatic rings. The van der Waals surface area contributed by atoms with Crippen molar-refractivity contribution in [3.8, 4) is 0 Å². The second-order valence-corrected chi connectivity index (χ2v) is 4.23. The molecular formula is C11H17N5O. The number of rotatable bonds is 2. The Hall–Kier alpha value is -1.69. The highest BCUT2D eigenvalue weighted by Crippen LogP contribution is 2.16. The quantitative estimate of drug-likeness (QED) is 0.712. The third kappa shape index (κ3) is 2.52. The second-order valence-electron chi connectivity index (χ2n) is 4.23. The van der Waals surface area contributed by atoms with Gasteiger partial charge in [0.15, 0.2) is 0 Å². The molecule has 1 atom stereocenters. The average Bonchev–Trinajstić information content (AvgIpc) is 2.27. The largest absolute Gasteiger partial charge is 0.368 e. The smallest absolute Gasteiger partial charge is 0.241 e. The lowest BCUT2D eigenvalue weighted by Crippen LogP contribution is -2.57. The van der Waals surface area contributed by atoms with Crippen LogP contribution < -0.4 is 16.0 Å². The molecule has 1 saturated heterocycles. The molecule has 0 saturated carbocycles. The van der Waals surface area contributed by atoms with Gasteiger partial charge in [-0.15, -0.1) is 0 Å². The van der Waals surface area contributed by atoms with Crippen molar-refractivity contribution >= 4 is 11.7 Å². The molecule has 0 aliphatic carbocycles. The number of nitrogens with one attached hydrogen (secondary N) is 1. The summed E-state index contributed by atoms with van der Waals surface area (Å²) in [6.45, 7) is 5.88. The zero-order chi connectivity index (χ0) is 12.4. The molecule has 1 fully saturated rings. The molecule has 3 N–H and O–H groups in total. The monoisotopic (exact) mass is 235 g/mol. The molecular weight excluding hydrogens is 218 g/mol. The van der Waals surface area contributed by atoms with E-state index in [1.807, 2.05) is 24.8 Å². The second kappa shape index (κ2) is 4.67. The fourth-order valence-corrected chi connectivity index (χ4v) is 2.08. The molecule has 1 aliphatic heterocycles. The molecule has 1 aromatic heterocycles. The summed E-state index contributed by atoms with van der Waals surface area (Å²) in [4.78, 5) is 21.9. The number of nitrogens with zero attached hydrogens (tertiary/aromatic N) is 3. The van der Waals surface area contributed by atoms with Crippen LogP contribution in [0.4, 0.5) is 5.82 Å². The minimum atomic E-state index is -0.336. The van der Waals surface area contributed by atoms with Crippen molar-refractivity contribution in [1.29, 1.82) is 0 Å². The highest BCUT2D eigenvalue weighted by Gasteiger charge is 2.27. The first-order chi connectivity index (χ1) is 8.08. The Morgan fingerprint density at radius 1 is 1.53 bits per heavy atom. The fraction of sp³-hybridized carbons (Fsp3) is 0.545. The third-order valence-corrected chi connectivity index (χ3v) is 2.82. The number of carbonyl (C=O) groups excluding carboxylic acids is 1. The summed E-state index contributed by atoms with van der Waals surface area (Å²) in [6.07, 6.45) is 0. The SMILES string of the molecule is Cc1cc(N2CCNCC2C(N)=O)nc(C)n1. The molecule has 6 nitrogen and oxygen atoms in total. The molecule has 1 amide bonds. The Balaban J connectivity index is 2.32. The Labute approximate surface area is 100 Å². The number of amides is 1.